The molecule has 5 aliphatic rings. The Morgan fingerprint density at radius 2 is 1.60 bits per heavy atom. The molecule has 2 bridgehead atoms. The second kappa shape index (κ2) is 10.6. The SMILES string of the molecule is CCc1c(OC2C[C@H]3CCC2(CS(=O)(=O)N(C2CCCCC2)C2CCCCC2)C3(C)C)ccc2c1C(O)C=C2O. The summed E-state index contributed by atoms with van der Waals surface area (Å²) in [6.07, 6.45) is 14.8. The number of aliphatic hydroxyl groups is 2. The van der Waals surface area contributed by atoms with Gasteiger partial charge in [0, 0.05) is 34.2 Å². The van der Waals surface area contributed by atoms with E-state index in [4.69, 9.17) is 4.74 Å². The minimum Gasteiger partial charge on any atom is -0.508 e. The first kappa shape index (κ1) is 28.5. The topological polar surface area (TPSA) is 87.1 Å². The number of fused-ring (bicyclic) bond motifs is 3. The first-order valence-corrected chi connectivity index (χ1v) is 17.6. The van der Waals surface area contributed by atoms with Crippen molar-refractivity contribution < 1.29 is 23.4 Å². The molecule has 4 atom stereocenters. The van der Waals surface area contributed by atoms with Crippen LogP contribution >= 0.6 is 0 Å². The number of benzene rings is 1. The predicted octanol–water partition coefficient (Wildman–Crippen LogP) is 7.07. The number of nitrogens with zero attached hydrogens (tertiary/aromatic N) is 1. The molecule has 0 spiro atoms. The van der Waals surface area contributed by atoms with Gasteiger partial charge in [-0.05, 0) is 80.9 Å². The van der Waals surface area contributed by atoms with Gasteiger partial charge >= 0.3 is 0 Å². The lowest BCUT2D eigenvalue weighted by atomic mass is 9.69. The van der Waals surface area contributed by atoms with E-state index < -0.39 is 21.5 Å². The van der Waals surface area contributed by atoms with Gasteiger partial charge in [0.05, 0.1) is 5.75 Å². The second-order valence-corrected chi connectivity index (χ2v) is 15.9. The quantitative estimate of drug-likeness (QED) is 0.349. The van der Waals surface area contributed by atoms with Gasteiger partial charge < -0.3 is 14.9 Å². The van der Waals surface area contributed by atoms with Gasteiger partial charge in [0.15, 0.2) is 0 Å². The molecule has 2 N–H and O–H groups in total. The Morgan fingerprint density at radius 1 is 0.975 bits per heavy atom. The van der Waals surface area contributed by atoms with Crippen molar-refractivity contribution in [3.63, 3.8) is 0 Å². The molecule has 4 fully saturated rings. The van der Waals surface area contributed by atoms with E-state index in [1.807, 2.05) is 23.4 Å². The molecule has 0 radical (unpaired) electrons. The highest BCUT2D eigenvalue weighted by Crippen LogP contribution is 2.67. The third-order valence-electron chi connectivity index (χ3n) is 11.8. The third kappa shape index (κ3) is 4.53. The van der Waals surface area contributed by atoms with Crippen molar-refractivity contribution in [1.29, 1.82) is 0 Å². The van der Waals surface area contributed by atoms with E-state index in [0.717, 1.165) is 87.5 Å². The third-order valence-corrected chi connectivity index (χ3v) is 13.9. The summed E-state index contributed by atoms with van der Waals surface area (Å²) in [5.74, 6) is 1.43. The Labute approximate surface area is 241 Å². The Balaban J connectivity index is 1.34. The van der Waals surface area contributed by atoms with Crippen LogP contribution in [0.5, 0.6) is 5.75 Å². The summed E-state index contributed by atoms with van der Waals surface area (Å²) in [6, 6.07) is 4.03. The summed E-state index contributed by atoms with van der Waals surface area (Å²) in [5.41, 5.74) is 1.70. The first-order valence-electron chi connectivity index (χ1n) is 16.0. The van der Waals surface area contributed by atoms with Crippen LogP contribution in [0.3, 0.4) is 0 Å². The highest BCUT2D eigenvalue weighted by Gasteiger charge is 2.67. The molecule has 7 heteroatoms. The van der Waals surface area contributed by atoms with Gasteiger partial charge in [-0.1, -0.05) is 59.3 Å². The first-order chi connectivity index (χ1) is 19.1. The van der Waals surface area contributed by atoms with Gasteiger partial charge in [-0.25, -0.2) is 8.42 Å². The van der Waals surface area contributed by atoms with E-state index in [-0.39, 0.29) is 35.1 Å². The number of hydrogen-bond donors (Lipinski definition) is 2. The Bertz CT molecular complexity index is 1230. The Morgan fingerprint density at radius 3 is 2.17 bits per heavy atom. The standard InChI is InChI=1S/C33H49NO5S/c1-4-25-29(16-15-26-27(35)20-28(36)31(25)26)39-30-19-22-17-18-33(30,32(22,2)3)21-40(37,38)34(23-11-7-5-8-12-23)24-13-9-6-10-14-24/h15-16,20,22-24,28,30,35-36H,4-14,17-19,21H2,1-3H3/t22-,28?,30?,33?/m1/s1. The van der Waals surface area contributed by atoms with Crippen LogP contribution < -0.4 is 4.74 Å². The van der Waals surface area contributed by atoms with Gasteiger partial charge in [-0.2, -0.15) is 4.31 Å². The smallest absolute Gasteiger partial charge is 0.215 e. The van der Waals surface area contributed by atoms with Crippen LogP contribution in [-0.2, 0) is 16.4 Å². The molecule has 0 amide bonds. The largest absolute Gasteiger partial charge is 0.508 e. The molecule has 1 aromatic rings. The summed E-state index contributed by atoms with van der Waals surface area (Å²) >= 11 is 0. The zero-order chi connectivity index (χ0) is 28.3. The van der Waals surface area contributed by atoms with E-state index in [1.165, 1.54) is 18.9 Å². The molecule has 5 aliphatic carbocycles. The average Bonchev–Trinajstić information content (AvgIpc) is 3.43. The lowest BCUT2D eigenvalue weighted by Crippen LogP contribution is -2.55. The molecule has 0 aromatic heterocycles. The molecule has 0 saturated heterocycles. The number of sulfonamides is 1. The fourth-order valence-electron chi connectivity index (χ4n) is 9.49. The number of rotatable bonds is 8. The van der Waals surface area contributed by atoms with E-state index >= 15 is 0 Å². The minimum absolute atomic E-state index is 0.109. The lowest BCUT2D eigenvalue weighted by molar-refractivity contribution is 0.0301. The van der Waals surface area contributed by atoms with Crippen molar-refractivity contribution in [2.24, 2.45) is 16.7 Å². The molecule has 4 saturated carbocycles. The Kier molecular flexibility index (Phi) is 7.57. The van der Waals surface area contributed by atoms with Crippen LogP contribution in [0.1, 0.15) is 127 Å². The van der Waals surface area contributed by atoms with Crippen molar-refractivity contribution in [3.05, 3.63) is 34.9 Å². The average molecular weight is 572 g/mol. The van der Waals surface area contributed by atoms with E-state index in [2.05, 4.69) is 13.8 Å². The zero-order valence-corrected chi connectivity index (χ0v) is 25.5. The normalized spacial score (nSPS) is 32.4. The van der Waals surface area contributed by atoms with Gasteiger partial charge in [0.1, 0.15) is 23.7 Å². The molecule has 6 rings (SSSR count). The van der Waals surface area contributed by atoms with Crippen LogP contribution in [0.4, 0.5) is 0 Å². The molecule has 1 aromatic carbocycles. The number of aliphatic hydroxyl groups excluding tert-OH is 2. The summed E-state index contributed by atoms with van der Waals surface area (Å²) in [5, 5.41) is 21.0. The second-order valence-electron chi connectivity index (χ2n) is 14.0. The monoisotopic (exact) mass is 571 g/mol. The lowest BCUT2D eigenvalue weighted by Gasteiger charge is -2.46. The maximum absolute atomic E-state index is 14.7. The summed E-state index contributed by atoms with van der Waals surface area (Å²) in [4.78, 5) is 0. The molecular weight excluding hydrogens is 522 g/mol. The van der Waals surface area contributed by atoms with Gasteiger partial charge in [0.25, 0.3) is 0 Å². The maximum Gasteiger partial charge on any atom is 0.215 e. The van der Waals surface area contributed by atoms with Crippen LogP contribution in [0, 0.1) is 16.7 Å². The van der Waals surface area contributed by atoms with Crippen LogP contribution in [0.15, 0.2) is 18.2 Å². The van der Waals surface area contributed by atoms with Crippen molar-refractivity contribution in [2.75, 3.05) is 5.75 Å². The fraction of sp³-hybridized carbons (Fsp3) is 0.758. The van der Waals surface area contributed by atoms with E-state index in [0.29, 0.717) is 17.9 Å². The predicted molar refractivity (Wildman–Crippen MR) is 159 cm³/mol. The molecular formula is C33H49NO5S. The maximum atomic E-state index is 14.7. The van der Waals surface area contributed by atoms with Crippen molar-refractivity contribution in [3.8, 4) is 5.75 Å². The molecule has 40 heavy (non-hydrogen) atoms. The van der Waals surface area contributed by atoms with E-state index in [9.17, 15) is 18.6 Å². The fourth-order valence-corrected chi connectivity index (χ4v) is 12.3. The molecule has 0 heterocycles. The Hall–Kier alpha value is -1.57. The summed E-state index contributed by atoms with van der Waals surface area (Å²) in [6.45, 7) is 6.61. The minimum atomic E-state index is -3.51. The number of hydrogen-bond acceptors (Lipinski definition) is 5. The van der Waals surface area contributed by atoms with Crippen LogP contribution in [-0.4, -0.2) is 46.9 Å². The van der Waals surface area contributed by atoms with Crippen molar-refractivity contribution in [2.45, 2.75) is 135 Å². The highest BCUT2D eigenvalue weighted by atomic mass is 32.2. The zero-order valence-electron chi connectivity index (χ0n) is 24.7. The van der Waals surface area contributed by atoms with Crippen LogP contribution in [0.25, 0.3) is 5.76 Å². The molecule has 6 nitrogen and oxygen atoms in total. The highest BCUT2D eigenvalue weighted by molar-refractivity contribution is 7.89. The van der Waals surface area contributed by atoms with Gasteiger partial charge in [-0.15, -0.1) is 0 Å². The van der Waals surface area contributed by atoms with Crippen LogP contribution in [0.2, 0.25) is 0 Å². The van der Waals surface area contributed by atoms with Crippen molar-refractivity contribution in [1.82, 2.24) is 4.31 Å². The molecule has 0 aliphatic heterocycles. The van der Waals surface area contributed by atoms with Gasteiger partial charge in [-0.3, -0.25) is 0 Å². The summed E-state index contributed by atoms with van der Waals surface area (Å²) < 4.78 is 38.4. The van der Waals surface area contributed by atoms with E-state index in [1.54, 1.807) is 0 Å². The number of ether oxygens (including phenoxy) is 1. The molecule has 3 unspecified atom stereocenters. The van der Waals surface area contributed by atoms with Gasteiger partial charge in [0.2, 0.25) is 10.0 Å². The summed E-state index contributed by atoms with van der Waals surface area (Å²) in [7, 11) is -3.51. The molecule has 222 valence electrons. The van der Waals surface area contributed by atoms with Crippen molar-refractivity contribution >= 4 is 15.8 Å².